The van der Waals surface area contributed by atoms with Gasteiger partial charge in [-0.05, 0) is 37.1 Å². The Bertz CT molecular complexity index is 634. The van der Waals surface area contributed by atoms with Crippen molar-refractivity contribution < 1.29 is 26.7 Å². The number of anilines is 1. The van der Waals surface area contributed by atoms with Crippen LogP contribution in [0, 0.1) is 0 Å². The van der Waals surface area contributed by atoms with Crippen LogP contribution in [0.25, 0.3) is 0 Å². The Balaban J connectivity index is 2.02. The van der Waals surface area contributed by atoms with Gasteiger partial charge in [-0.3, -0.25) is 4.79 Å². The molecule has 1 saturated heterocycles. The first-order valence-corrected chi connectivity index (χ1v) is 8.45. The van der Waals surface area contributed by atoms with E-state index in [0.717, 1.165) is 10.6 Å². The van der Waals surface area contributed by atoms with Gasteiger partial charge < -0.3 is 10.1 Å². The zero-order valence-electron chi connectivity index (χ0n) is 11.8. The summed E-state index contributed by atoms with van der Waals surface area (Å²) in [4.78, 5) is 12.2. The van der Waals surface area contributed by atoms with Crippen molar-refractivity contribution >= 4 is 21.6 Å². The molecular formula is C13H16F2N2O4S. The summed E-state index contributed by atoms with van der Waals surface area (Å²) in [6, 6.07) is 4.67. The molecule has 1 aromatic carbocycles. The second-order valence-corrected chi connectivity index (χ2v) is 6.86. The molecule has 122 valence electrons. The fourth-order valence-corrected chi connectivity index (χ4v) is 3.47. The number of hydrogen-bond acceptors (Lipinski definition) is 4. The van der Waals surface area contributed by atoms with E-state index in [9.17, 15) is 22.0 Å². The highest BCUT2D eigenvalue weighted by Crippen LogP contribution is 2.23. The van der Waals surface area contributed by atoms with E-state index < -0.39 is 28.6 Å². The highest BCUT2D eigenvalue weighted by Gasteiger charge is 2.36. The number of sulfonamides is 1. The SMILES string of the molecule is CS(=O)(=O)N1CCC[C@H]1C(=O)Nc1ccc(OC(F)F)cc1. The summed E-state index contributed by atoms with van der Waals surface area (Å²) in [6.07, 6.45) is 2.13. The summed E-state index contributed by atoms with van der Waals surface area (Å²) in [5.41, 5.74) is 0.381. The average molecular weight is 334 g/mol. The predicted molar refractivity (Wildman–Crippen MR) is 76.3 cm³/mol. The number of rotatable bonds is 5. The maximum Gasteiger partial charge on any atom is 0.387 e. The number of halogens is 2. The van der Waals surface area contributed by atoms with Crippen molar-refractivity contribution in [3.8, 4) is 5.75 Å². The van der Waals surface area contributed by atoms with Gasteiger partial charge in [-0.25, -0.2) is 8.42 Å². The van der Waals surface area contributed by atoms with Crippen LogP contribution in [-0.2, 0) is 14.8 Å². The first-order valence-electron chi connectivity index (χ1n) is 6.60. The molecule has 1 N–H and O–H groups in total. The zero-order chi connectivity index (χ0) is 16.3. The van der Waals surface area contributed by atoms with Crippen molar-refractivity contribution in [1.82, 2.24) is 4.31 Å². The quantitative estimate of drug-likeness (QED) is 0.888. The lowest BCUT2D eigenvalue weighted by atomic mass is 10.2. The predicted octanol–water partition coefficient (Wildman–Crippen LogP) is 1.65. The van der Waals surface area contributed by atoms with Crippen LogP contribution in [0.3, 0.4) is 0 Å². The molecule has 1 heterocycles. The summed E-state index contributed by atoms with van der Waals surface area (Å²) < 4.78 is 52.7. The van der Waals surface area contributed by atoms with Gasteiger partial charge in [0, 0.05) is 12.2 Å². The van der Waals surface area contributed by atoms with Crippen LogP contribution in [0.4, 0.5) is 14.5 Å². The lowest BCUT2D eigenvalue weighted by Gasteiger charge is -2.21. The van der Waals surface area contributed by atoms with Crippen LogP contribution in [-0.4, -0.2) is 44.1 Å². The van der Waals surface area contributed by atoms with Crippen LogP contribution in [0.15, 0.2) is 24.3 Å². The van der Waals surface area contributed by atoms with Crippen LogP contribution in [0.2, 0.25) is 0 Å². The molecule has 6 nitrogen and oxygen atoms in total. The van der Waals surface area contributed by atoms with Crippen LogP contribution in [0.1, 0.15) is 12.8 Å². The smallest absolute Gasteiger partial charge is 0.387 e. The Hall–Kier alpha value is -1.74. The fraction of sp³-hybridized carbons (Fsp3) is 0.462. The van der Waals surface area contributed by atoms with Crippen molar-refractivity contribution in [2.75, 3.05) is 18.1 Å². The number of ether oxygens (including phenoxy) is 1. The second-order valence-electron chi connectivity index (χ2n) is 4.92. The van der Waals surface area contributed by atoms with Gasteiger partial charge >= 0.3 is 6.61 Å². The number of carbonyl (C=O) groups excluding carboxylic acids is 1. The molecule has 1 fully saturated rings. The van der Waals surface area contributed by atoms with E-state index in [1.54, 1.807) is 0 Å². The van der Waals surface area contributed by atoms with Gasteiger partial charge in [0.25, 0.3) is 0 Å². The number of carbonyl (C=O) groups is 1. The molecule has 1 aliphatic heterocycles. The zero-order valence-corrected chi connectivity index (χ0v) is 12.6. The highest BCUT2D eigenvalue weighted by molar-refractivity contribution is 7.88. The molecule has 2 rings (SSSR count). The Morgan fingerprint density at radius 1 is 1.36 bits per heavy atom. The molecular weight excluding hydrogens is 318 g/mol. The lowest BCUT2D eigenvalue weighted by molar-refractivity contribution is -0.119. The number of alkyl halides is 2. The third-order valence-corrected chi connectivity index (χ3v) is 4.57. The van der Waals surface area contributed by atoms with Crippen molar-refractivity contribution in [2.45, 2.75) is 25.5 Å². The summed E-state index contributed by atoms with van der Waals surface area (Å²) >= 11 is 0. The largest absolute Gasteiger partial charge is 0.435 e. The van der Waals surface area contributed by atoms with Gasteiger partial charge in [-0.1, -0.05) is 0 Å². The van der Waals surface area contributed by atoms with Crippen molar-refractivity contribution in [1.29, 1.82) is 0 Å². The molecule has 0 bridgehead atoms. The lowest BCUT2D eigenvalue weighted by Crippen LogP contribution is -2.42. The topological polar surface area (TPSA) is 75.7 Å². The highest BCUT2D eigenvalue weighted by atomic mass is 32.2. The monoisotopic (exact) mass is 334 g/mol. The minimum Gasteiger partial charge on any atom is -0.435 e. The van der Waals surface area contributed by atoms with Gasteiger partial charge in [0.05, 0.1) is 6.26 Å². The molecule has 9 heteroatoms. The molecule has 0 aliphatic carbocycles. The third-order valence-electron chi connectivity index (χ3n) is 3.28. The summed E-state index contributed by atoms with van der Waals surface area (Å²) in [5.74, 6) is -0.461. The van der Waals surface area contributed by atoms with Crippen molar-refractivity contribution in [3.63, 3.8) is 0 Å². The number of amides is 1. The first-order chi connectivity index (χ1) is 10.3. The van der Waals surface area contributed by atoms with Gasteiger partial charge in [0.15, 0.2) is 0 Å². The maximum absolute atomic E-state index is 12.2. The second kappa shape index (κ2) is 6.57. The molecule has 0 radical (unpaired) electrons. The van der Waals surface area contributed by atoms with Gasteiger partial charge in [-0.15, -0.1) is 0 Å². The van der Waals surface area contributed by atoms with E-state index in [0.29, 0.717) is 25.1 Å². The maximum atomic E-state index is 12.2. The van der Waals surface area contributed by atoms with Crippen LogP contribution < -0.4 is 10.1 Å². The molecule has 22 heavy (non-hydrogen) atoms. The molecule has 1 amide bonds. The summed E-state index contributed by atoms with van der Waals surface area (Å²) in [5, 5.41) is 2.58. The standard InChI is InChI=1S/C13H16F2N2O4S/c1-22(19,20)17-8-2-3-11(17)12(18)16-9-4-6-10(7-5-9)21-13(14)15/h4-7,11,13H,2-3,8H2,1H3,(H,16,18)/t11-/m0/s1. The Morgan fingerprint density at radius 2 is 2.00 bits per heavy atom. The Labute approximate surface area is 127 Å². The van der Waals surface area contributed by atoms with Gasteiger partial charge in [0.2, 0.25) is 15.9 Å². The number of nitrogens with zero attached hydrogens (tertiary/aromatic N) is 1. The normalized spacial score (nSPS) is 19.4. The fourth-order valence-electron chi connectivity index (χ4n) is 2.34. The number of hydrogen-bond donors (Lipinski definition) is 1. The first kappa shape index (κ1) is 16.6. The Kier molecular flexibility index (Phi) is 4.97. The van der Waals surface area contributed by atoms with E-state index in [2.05, 4.69) is 10.1 Å². The van der Waals surface area contributed by atoms with Gasteiger partial charge in [0.1, 0.15) is 11.8 Å². The van der Waals surface area contributed by atoms with Crippen LogP contribution >= 0.6 is 0 Å². The van der Waals surface area contributed by atoms with E-state index >= 15 is 0 Å². The summed E-state index contributed by atoms with van der Waals surface area (Å²) in [6.45, 7) is -2.60. The third kappa shape index (κ3) is 4.14. The number of nitrogens with one attached hydrogen (secondary N) is 1. The molecule has 1 aromatic rings. The van der Waals surface area contributed by atoms with E-state index in [1.807, 2.05) is 0 Å². The molecule has 0 aromatic heterocycles. The molecule has 1 aliphatic rings. The molecule has 0 unspecified atom stereocenters. The van der Waals surface area contributed by atoms with E-state index in [-0.39, 0.29) is 5.75 Å². The van der Waals surface area contributed by atoms with Gasteiger partial charge in [-0.2, -0.15) is 13.1 Å². The van der Waals surface area contributed by atoms with E-state index in [4.69, 9.17) is 0 Å². The average Bonchev–Trinajstić information content (AvgIpc) is 2.89. The van der Waals surface area contributed by atoms with Crippen molar-refractivity contribution in [2.24, 2.45) is 0 Å². The molecule has 0 spiro atoms. The molecule has 1 atom stereocenters. The van der Waals surface area contributed by atoms with E-state index in [1.165, 1.54) is 24.3 Å². The Morgan fingerprint density at radius 3 is 2.55 bits per heavy atom. The van der Waals surface area contributed by atoms with Crippen LogP contribution in [0.5, 0.6) is 5.75 Å². The molecule has 0 saturated carbocycles. The van der Waals surface area contributed by atoms with Crippen molar-refractivity contribution in [3.05, 3.63) is 24.3 Å². The minimum atomic E-state index is -3.44. The number of benzene rings is 1. The summed E-state index contributed by atoms with van der Waals surface area (Å²) in [7, 11) is -3.44. The minimum absolute atomic E-state index is 0.0216.